The molecular formula is C44H31N3. The fraction of sp³-hybridized carbons (Fsp3) is 0. The van der Waals surface area contributed by atoms with E-state index in [1.807, 2.05) is 42.6 Å². The van der Waals surface area contributed by atoms with Gasteiger partial charge in [-0.25, -0.2) is 4.98 Å². The maximum atomic E-state index is 5.22. The lowest BCUT2D eigenvalue weighted by atomic mass is 9.98. The summed E-state index contributed by atoms with van der Waals surface area (Å²) in [5.74, 6) is 0.744. The van der Waals surface area contributed by atoms with Crippen LogP contribution in [0.25, 0.3) is 76.9 Å². The average molecular weight is 602 g/mol. The predicted octanol–water partition coefficient (Wildman–Crippen LogP) is 11.6. The summed E-state index contributed by atoms with van der Waals surface area (Å²) in [7, 11) is 0. The second-order valence-electron chi connectivity index (χ2n) is 11.5. The first kappa shape index (κ1) is 28.2. The number of aromatic nitrogens is 3. The summed E-state index contributed by atoms with van der Waals surface area (Å²) in [6.45, 7) is 8.05. The van der Waals surface area contributed by atoms with Crippen LogP contribution >= 0.6 is 0 Å². The molecule has 0 atom stereocenters. The van der Waals surface area contributed by atoms with Crippen molar-refractivity contribution >= 4 is 60.0 Å². The Bertz CT molecular complexity index is 2610. The molecule has 0 amide bonds. The van der Waals surface area contributed by atoms with Gasteiger partial charge in [0.1, 0.15) is 0 Å². The summed E-state index contributed by atoms with van der Waals surface area (Å²) in [5.41, 5.74) is 8.11. The zero-order valence-corrected chi connectivity index (χ0v) is 25.8. The fourth-order valence-electron chi connectivity index (χ4n) is 6.63. The monoisotopic (exact) mass is 601 g/mol. The van der Waals surface area contributed by atoms with Crippen molar-refractivity contribution in [3.63, 3.8) is 0 Å². The molecule has 8 aromatic rings. The van der Waals surface area contributed by atoms with Gasteiger partial charge < -0.3 is 0 Å². The molecule has 0 radical (unpaired) electrons. The van der Waals surface area contributed by atoms with Crippen LogP contribution in [-0.4, -0.2) is 14.5 Å². The third kappa shape index (κ3) is 4.95. The van der Waals surface area contributed by atoms with Crippen LogP contribution in [-0.2, 0) is 0 Å². The highest BCUT2D eigenvalue weighted by molar-refractivity contribution is 6.20. The van der Waals surface area contributed by atoms with E-state index in [0.29, 0.717) is 0 Å². The van der Waals surface area contributed by atoms with Crippen molar-refractivity contribution in [3.8, 4) is 16.9 Å². The lowest BCUT2D eigenvalue weighted by Crippen LogP contribution is -2.02. The van der Waals surface area contributed by atoms with E-state index in [-0.39, 0.29) is 0 Å². The zero-order chi connectivity index (χ0) is 31.7. The van der Waals surface area contributed by atoms with Gasteiger partial charge in [-0.05, 0) is 80.2 Å². The molecule has 0 aliphatic rings. The van der Waals surface area contributed by atoms with E-state index in [2.05, 4.69) is 133 Å². The van der Waals surface area contributed by atoms with Crippen molar-refractivity contribution in [3.05, 3.63) is 183 Å². The van der Waals surface area contributed by atoms with Crippen molar-refractivity contribution in [2.45, 2.75) is 0 Å². The number of para-hydroxylation sites is 2. The quantitative estimate of drug-likeness (QED) is 0.184. The first-order valence-corrected chi connectivity index (χ1v) is 15.7. The molecule has 0 unspecified atom stereocenters. The molecule has 3 heteroatoms. The van der Waals surface area contributed by atoms with Crippen LogP contribution in [0.3, 0.4) is 0 Å². The van der Waals surface area contributed by atoms with Crippen molar-refractivity contribution in [1.82, 2.24) is 14.5 Å². The van der Waals surface area contributed by atoms with Crippen molar-refractivity contribution in [1.29, 1.82) is 0 Å². The van der Waals surface area contributed by atoms with Crippen molar-refractivity contribution < 1.29 is 0 Å². The molecule has 2 heterocycles. The SMILES string of the molecule is C=C/C=C(\C=C)c1ccc2c(c1)c1ccccc1c1ccccc1c1cc(-c3ccccc3)ccc1n2-c1cnc2ccccc2n1. The zero-order valence-electron chi connectivity index (χ0n) is 25.8. The highest BCUT2D eigenvalue weighted by Gasteiger charge is 2.14. The second kappa shape index (κ2) is 11.9. The molecular weight excluding hydrogens is 571 g/mol. The molecule has 0 saturated carbocycles. The Morgan fingerprint density at radius 1 is 0.532 bits per heavy atom. The molecule has 6 aromatic carbocycles. The Kier molecular flexibility index (Phi) is 7.12. The number of hydrogen-bond acceptors (Lipinski definition) is 2. The largest absolute Gasteiger partial charge is 0.292 e. The minimum Gasteiger partial charge on any atom is -0.292 e. The normalized spacial score (nSPS) is 11.7. The Labute approximate surface area is 273 Å². The highest BCUT2D eigenvalue weighted by atomic mass is 15.1. The lowest BCUT2D eigenvalue weighted by Gasteiger charge is -2.15. The highest BCUT2D eigenvalue weighted by Crippen LogP contribution is 2.36. The van der Waals surface area contributed by atoms with E-state index in [0.717, 1.165) is 71.5 Å². The molecule has 8 rings (SSSR count). The van der Waals surface area contributed by atoms with Crippen LogP contribution in [0.5, 0.6) is 0 Å². The Balaban J connectivity index is 1.67. The van der Waals surface area contributed by atoms with E-state index in [1.54, 1.807) is 6.08 Å². The van der Waals surface area contributed by atoms with Crippen LogP contribution in [0.4, 0.5) is 0 Å². The minimum atomic E-state index is 0.744. The number of nitrogens with zero attached hydrogens (tertiary/aromatic N) is 3. The topological polar surface area (TPSA) is 30.7 Å². The van der Waals surface area contributed by atoms with Crippen molar-refractivity contribution in [2.24, 2.45) is 0 Å². The van der Waals surface area contributed by atoms with Gasteiger partial charge in [0.25, 0.3) is 0 Å². The van der Waals surface area contributed by atoms with Crippen molar-refractivity contribution in [2.75, 3.05) is 0 Å². The van der Waals surface area contributed by atoms with Gasteiger partial charge in [-0.3, -0.25) is 9.55 Å². The predicted molar refractivity (Wildman–Crippen MR) is 200 cm³/mol. The van der Waals surface area contributed by atoms with Gasteiger partial charge in [-0.1, -0.05) is 135 Å². The molecule has 0 bridgehead atoms. The van der Waals surface area contributed by atoms with Crippen LogP contribution in [0, 0.1) is 0 Å². The molecule has 3 nitrogen and oxygen atoms in total. The number of benzene rings is 6. The number of hydrogen-bond donors (Lipinski definition) is 0. The van der Waals surface area contributed by atoms with Crippen LogP contribution in [0.15, 0.2) is 177 Å². The molecule has 2 aromatic heterocycles. The molecule has 0 fully saturated rings. The number of fused-ring (bicyclic) bond motifs is 8. The van der Waals surface area contributed by atoms with Gasteiger partial charge in [0, 0.05) is 10.8 Å². The molecule has 0 aliphatic carbocycles. The number of rotatable bonds is 5. The Morgan fingerprint density at radius 2 is 1.11 bits per heavy atom. The van der Waals surface area contributed by atoms with Crippen LogP contribution in [0.1, 0.15) is 5.56 Å². The summed E-state index contributed by atoms with van der Waals surface area (Å²) in [6, 6.07) is 49.3. The van der Waals surface area contributed by atoms with Gasteiger partial charge >= 0.3 is 0 Å². The molecule has 222 valence electrons. The Hall–Kier alpha value is -6.32. The van der Waals surface area contributed by atoms with E-state index >= 15 is 0 Å². The molecule has 47 heavy (non-hydrogen) atoms. The van der Waals surface area contributed by atoms with Crippen LogP contribution in [0.2, 0.25) is 0 Å². The summed E-state index contributed by atoms with van der Waals surface area (Å²) >= 11 is 0. The minimum absolute atomic E-state index is 0.744. The third-order valence-electron chi connectivity index (χ3n) is 8.82. The fourth-order valence-corrected chi connectivity index (χ4v) is 6.63. The van der Waals surface area contributed by atoms with Gasteiger partial charge in [0.15, 0.2) is 5.82 Å². The smallest absolute Gasteiger partial charge is 0.156 e. The molecule has 0 saturated heterocycles. The lowest BCUT2D eigenvalue weighted by molar-refractivity contribution is 1.07. The Morgan fingerprint density at radius 3 is 1.77 bits per heavy atom. The summed E-state index contributed by atoms with van der Waals surface area (Å²) < 4.78 is 2.27. The first-order chi connectivity index (χ1) is 23.2. The van der Waals surface area contributed by atoms with Gasteiger partial charge in [0.05, 0.1) is 28.3 Å². The maximum Gasteiger partial charge on any atom is 0.156 e. The third-order valence-corrected chi connectivity index (χ3v) is 8.82. The molecule has 0 N–H and O–H groups in total. The van der Waals surface area contributed by atoms with E-state index in [9.17, 15) is 0 Å². The summed E-state index contributed by atoms with van der Waals surface area (Å²) in [4.78, 5) is 10.1. The van der Waals surface area contributed by atoms with E-state index in [1.165, 1.54) is 10.9 Å². The second-order valence-corrected chi connectivity index (χ2v) is 11.5. The van der Waals surface area contributed by atoms with E-state index in [4.69, 9.17) is 9.97 Å². The molecule has 0 spiro atoms. The molecule has 0 aliphatic heterocycles. The van der Waals surface area contributed by atoms with Crippen LogP contribution < -0.4 is 0 Å². The summed E-state index contributed by atoms with van der Waals surface area (Å²) in [6.07, 6.45) is 7.57. The van der Waals surface area contributed by atoms with Gasteiger partial charge in [-0.2, -0.15) is 0 Å². The van der Waals surface area contributed by atoms with E-state index < -0.39 is 0 Å². The number of allylic oxidation sites excluding steroid dienone is 4. The van der Waals surface area contributed by atoms with Gasteiger partial charge in [-0.15, -0.1) is 0 Å². The maximum absolute atomic E-state index is 5.22. The average Bonchev–Trinajstić information content (AvgIpc) is 3.18. The van der Waals surface area contributed by atoms with Gasteiger partial charge in [0.2, 0.25) is 0 Å². The standard InChI is InChI=1S/C44H31N3/c1-3-14-30(4-2)32-23-25-42-38(27-32)36-19-10-8-17-34(36)35-18-9-11-20-37(35)39-28-33(31-15-6-5-7-16-31)24-26-43(39)47(42)44-29-45-40-21-12-13-22-41(40)46-44/h3-29H,1-2H2/b30-14+. The summed E-state index contributed by atoms with van der Waals surface area (Å²) in [5, 5.41) is 6.81. The first-order valence-electron chi connectivity index (χ1n) is 15.7.